The Bertz CT molecular complexity index is 944. The number of hydroxylamine groups is 2. The molecule has 2 heterocycles. The molecular formula is C19H18INO8-2. The van der Waals surface area contributed by atoms with E-state index in [-0.39, 0.29) is 23.9 Å². The van der Waals surface area contributed by atoms with E-state index >= 15 is 0 Å². The zero-order chi connectivity index (χ0) is 20.3. The van der Waals surface area contributed by atoms with Crippen LogP contribution < -0.4 is 37.6 Å². The van der Waals surface area contributed by atoms with Crippen LogP contribution in [0.5, 0.6) is 28.7 Å². The molecule has 4 atom stereocenters. The van der Waals surface area contributed by atoms with E-state index in [4.69, 9.17) is 20.4 Å². The van der Waals surface area contributed by atoms with Crippen molar-refractivity contribution < 1.29 is 52.7 Å². The molecule has 2 aromatic rings. The first kappa shape index (κ1) is 19.0. The van der Waals surface area contributed by atoms with Crippen LogP contribution in [0.25, 0.3) is 0 Å². The normalized spacial score (nSPS) is 27.7. The average molecular weight is 515 g/mol. The van der Waals surface area contributed by atoms with E-state index in [9.17, 15) is 15.4 Å². The third-order valence-corrected chi connectivity index (χ3v) is 7.03. The Morgan fingerprint density at radius 3 is 2.31 bits per heavy atom. The monoisotopic (exact) mass is 515 g/mol. The summed E-state index contributed by atoms with van der Waals surface area (Å²) in [4.78, 5) is 5.24. The molecule has 0 spiro atoms. The number of phenolic OH excluding ortho intramolecular Hbond substituents is 1. The number of benzene rings is 2. The van der Waals surface area contributed by atoms with Gasteiger partial charge in [-0.2, -0.15) is 0 Å². The number of aliphatic hydroxyl groups is 1. The van der Waals surface area contributed by atoms with E-state index in [1.807, 2.05) is 6.07 Å². The zero-order valence-corrected chi connectivity index (χ0v) is 17.7. The predicted octanol–water partition coefficient (Wildman–Crippen LogP) is -0.992. The molecule has 0 amide bonds. The number of hydrogen-bond donors (Lipinski definition) is 2. The van der Waals surface area contributed by atoms with Crippen LogP contribution in [0, 0.1) is 11.1 Å². The second kappa shape index (κ2) is 7.06. The molecule has 1 aliphatic carbocycles. The first-order valence-electron chi connectivity index (χ1n) is 8.92. The third kappa shape index (κ3) is 2.81. The van der Waals surface area contributed by atoms with Gasteiger partial charge in [-0.3, -0.25) is 0 Å². The number of methoxy groups -OCH3 is 2. The summed E-state index contributed by atoms with van der Waals surface area (Å²) in [6, 6.07) is 6.29. The van der Waals surface area contributed by atoms with Crippen LogP contribution in [0.15, 0.2) is 24.3 Å². The van der Waals surface area contributed by atoms with E-state index in [2.05, 4.69) is 0 Å². The number of rotatable bonds is 3. The Labute approximate surface area is 177 Å². The van der Waals surface area contributed by atoms with Gasteiger partial charge in [0.2, 0.25) is 0 Å². The molecule has 5 rings (SSSR count). The summed E-state index contributed by atoms with van der Waals surface area (Å²) in [5.41, 5.74) is 2.11. The Morgan fingerprint density at radius 1 is 1.07 bits per heavy atom. The zero-order valence-electron chi connectivity index (χ0n) is 15.5. The summed E-state index contributed by atoms with van der Waals surface area (Å²) in [5, 5.41) is 34.4. The summed E-state index contributed by atoms with van der Waals surface area (Å²) in [6.45, 7) is 0.110. The molecule has 3 aliphatic rings. The fraction of sp³-hybridized carbons (Fsp3) is 0.368. The third-order valence-electron chi connectivity index (χ3n) is 5.72. The number of phenols is 1. The molecule has 9 nitrogen and oxygen atoms in total. The van der Waals surface area contributed by atoms with Crippen molar-refractivity contribution >= 4 is 0 Å². The van der Waals surface area contributed by atoms with Crippen molar-refractivity contribution in [2.45, 2.75) is 18.1 Å². The van der Waals surface area contributed by atoms with Gasteiger partial charge in [-0.15, -0.1) is 0 Å². The Balaban J connectivity index is 1.74. The predicted molar refractivity (Wildman–Crippen MR) is 94.1 cm³/mol. The molecule has 0 unspecified atom stereocenters. The van der Waals surface area contributed by atoms with Crippen molar-refractivity contribution in [3.63, 3.8) is 0 Å². The molecule has 0 radical (unpaired) electrons. The van der Waals surface area contributed by atoms with Crippen LogP contribution in [-0.2, 0) is 4.84 Å². The second-order valence-electron chi connectivity index (χ2n) is 7.08. The molecule has 1 saturated heterocycles. The van der Waals surface area contributed by atoms with Gasteiger partial charge in [0.1, 0.15) is 0 Å². The number of aromatic hydroxyl groups is 1. The van der Waals surface area contributed by atoms with Crippen LogP contribution in [0.3, 0.4) is 0 Å². The standard InChI is InChI=1S/C19H18INO8/c1-25-14-3-8(4-15(26-2)19(14)23)16-9-5-12-13(29-20-28-12)6-10(9)18(22)11-7-27-21(24)17(11)16/h3-6,11,16-18,22-23H,7H2,1-2H3/q-2/t11-,16+,17-,18+/m0/s1. The number of ether oxygens (including phenoxy) is 2. The molecule has 2 aliphatic heterocycles. The number of aliphatic hydroxyl groups excluding tert-OH is 1. The van der Waals surface area contributed by atoms with Gasteiger partial charge in [0.05, 0.1) is 0 Å². The van der Waals surface area contributed by atoms with E-state index in [0.717, 1.165) is 5.56 Å². The number of halogens is 1. The van der Waals surface area contributed by atoms with Crippen molar-refractivity contribution in [1.82, 2.24) is 5.23 Å². The van der Waals surface area contributed by atoms with Gasteiger partial charge in [0, 0.05) is 0 Å². The summed E-state index contributed by atoms with van der Waals surface area (Å²) in [5.74, 6) is 0.648. The van der Waals surface area contributed by atoms with Crippen molar-refractivity contribution in [3.8, 4) is 28.7 Å². The Morgan fingerprint density at radius 2 is 1.69 bits per heavy atom. The van der Waals surface area contributed by atoms with Crippen molar-refractivity contribution in [2.75, 3.05) is 20.8 Å². The summed E-state index contributed by atoms with van der Waals surface area (Å²) >= 11 is -0.881. The minimum atomic E-state index is -0.881. The van der Waals surface area contributed by atoms with Gasteiger partial charge < -0.3 is 0 Å². The van der Waals surface area contributed by atoms with Crippen LogP contribution in [0.4, 0.5) is 0 Å². The number of fused-ring (bicyclic) bond motifs is 3. The van der Waals surface area contributed by atoms with E-state index in [1.165, 1.54) is 14.2 Å². The average Bonchev–Trinajstić information content (AvgIpc) is 3.34. The van der Waals surface area contributed by atoms with E-state index in [1.54, 1.807) is 18.2 Å². The second-order valence-corrected chi connectivity index (χ2v) is 8.32. The molecule has 156 valence electrons. The van der Waals surface area contributed by atoms with Gasteiger partial charge in [-0.1, -0.05) is 0 Å². The molecule has 0 bridgehead atoms. The van der Waals surface area contributed by atoms with Crippen molar-refractivity contribution in [3.05, 3.63) is 46.2 Å². The fourth-order valence-electron chi connectivity index (χ4n) is 4.35. The van der Waals surface area contributed by atoms with Crippen LogP contribution in [0.2, 0.25) is 0 Å². The minimum absolute atomic E-state index is 0.110. The maximum absolute atomic E-state index is 12.6. The molecule has 29 heavy (non-hydrogen) atoms. The maximum atomic E-state index is 12.6. The number of hydrogen-bond acceptors (Lipinski definition) is 9. The van der Waals surface area contributed by atoms with Gasteiger partial charge in [0.15, 0.2) is 0 Å². The Hall–Kier alpha value is -1.99. The molecule has 10 heteroatoms. The van der Waals surface area contributed by atoms with Crippen molar-refractivity contribution in [1.29, 1.82) is 0 Å². The van der Waals surface area contributed by atoms with Gasteiger partial charge in [0.25, 0.3) is 0 Å². The topological polar surface area (TPSA) is 113 Å². The quantitative estimate of drug-likeness (QED) is 0.498. The van der Waals surface area contributed by atoms with E-state index in [0.29, 0.717) is 27.9 Å². The van der Waals surface area contributed by atoms with Crippen LogP contribution in [0.1, 0.15) is 28.7 Å². The molecule has 0 aromatic heterocycles. The fourth-order valence-corrected chi connectivity index (χ4v) is 5.52. The molecule has 2 aromatic carbocycles. The van der Waals surface area contributed by atoms with Gasteiger partial charge in [-0.25, -0.2) is 0 Å². The number of nitrogens with zero attached hydrogens (tertiary/aromatic N) is 1. The summed E-state index contributed by atoms with van der Waals surface area (Å²) in [6.07, 6.45) is -0.876. The van der Waals surface area contributed by atoms with Gasteiger partial charge in [-0.05, 0) is 0 Å². The summed E-state index contributed by atoms with van der Waals surface area (Å²) < 4.78 is 21.8. The first-order valence-corrected chi connectivity index (χ1v) is 10.7. The van der Waals surface area contributed by atoms with E-state index < -0.39 is 46.0 Å². The molecule has 2 N–H and O–H groups in total. The van der Waals surface area contributed by atoms with Gasteiger partial charge >= 0.3 is 178 Å². The first-order chi connectivity index (χ1) is 14.0. The summed E-state index contributed by atoms with van der Waals surface area (Å²) in [7, 11) is 2.89. The Kier molecular flexibility index (Phi) is 4.62. The molecule has 1 fully saturated rings. The molecular weight excluding hydrogens is 497 g/mol. The van der Waals surface area contributed by atoms with Crippen molar-refractivity contribution in [2.24, 2.45) is 5.92 Å². The SMILES string of the molecule is COc1cc([C@@H]2c3cc4c(cc3[C@@H](O)[C@H]3CON([O-])[C@H]23)O[I-]O4)cc(OC)c1O. The van der Waals surface area contributed by atoms with Crippen LogP contribution in [-0.4, -0.2) is 42.3 Å². The van der Waals surface area contributed by atoms with Crippen LogP contribution >= 0.6 is 0 Å². The molecule has 0 saturated carbocycles.